The Morgan fingerprint density at radius 1 is 0.893 bits per heavy atom. The normalized spacial score (nSPS) is 14.9. The number of hydrogen-bond acceptors (Lipinski definition) is 2. The van der Waals surface area contributed by atoms with Crippen molar-refractivity contribution < 1.29 is 9.59 Å². The minimum absolute atomic E-state index is 0.135. The molecule has 0 radical (unpaired) electrons. The number of hydrogen-bond donors (Lipinski definition) is 2. The second-order valence-electron chi connectivity index (χ2n) is 6.58. The number of carbonyl (C=O) groups excluding carboxylic acids is 2. The second-order valence-corrected chi connectivity index (χ2v) is 6.58. The van der Waals surface area contributed by atoms with Gasteiger partial charge in [-0.05, 0) is 42.0 Å². The lowest BCUT2D eigenvalue weighted by atomic mass is 9.90. The second kappa shape index (κ2) is 7.81. The molecular weight excluding hydrogens is 348 g/mol. The monoisotopic (exact) mass is 366 g/mol. The van der Waals surface area contributed by atoms with Crippen LogP contribution in [0, 0.1) is 11.8 Å². The Morgan fingerprint density at radius 3 is 2.46 bits per heavy atom. The molecule has 1 unspecified atom stereocenters. The maximum Gasteiger partial charge on any atom is 0.232 e. The summed E-state index contributed by atoms with van der Waals surface area (Å²) in [6.07, 6.45) is 0.135. The highest BCUT2D eigenvalue weighted by Gasteiger charge is 2.30. The molecule has 0 fully saturated rings. The molecule has 1 aliphatic rings. The van der Waals surface area contributed by atoms with Crippen LogP contribution in [0.3, 0.4) is 0 Å². The average Bonchev–Trinajstić information content (AvgIpc) is 2.72. The molecule has 4 nitrogen and oxygen atoms in total. The van der Waals surface area contributed by atoms with Crippen molar-refractivity contribution in [1.82, 2.24) is 0 Å². The highest BCUT2D eigenvalue weighted by atomic mass is 16.2. The maximum absolute atomic E-state index is 12.8. The van der Waals surface area contributed by atoms with Crippen LogP contribution >= 0.6 is 0 Å². The average molecular weight is 366 g/mol. The van der Waals surface area contributed by atoms with Crippen LogP contribution in [0.15, 0.2) is 78.9 Å². The van der Waals surface area contributed by atoms with Crippen molar-refractivity contribution in [3.63, 3.8) is 0 Å². The molecule has 0 bridgehead atoms. The van der Waals surface area contributed by atoms with Crippen molar-refractivity contribution >= 4 is 23.2 Å². The van der Waals surface area contributed by atoms with Gasteiger partial charge in [0.2, 0.25) is 11.8 Å². The van der Waals surface area contributed by atoms with Gasteiger partial charge in [0, 0.05) is 28.9 Å². The Morgan fingerprint density at radius 2 is 1.61 bits per heavy atom. The summed E-state index contributed by atoms with van der Waals surface area (Å²) in [6, 6.07) is 24.5. The lowest BCUT2D eigenvalue weighted by molar-refractivity contribution is -0.123. The van der Waals surface area contributed by atoms with Gasteiger partial charge in [-0.25, -0.2) is 0 Å². The third-order valence-electron chi connectivity index (χ3n) is 4.57. The first-order valence-electron chi connectivity index (χ1n) is 9.06. The molecule has 4 heteroatoms. The van der Waals surface area contributed by atoms with Gasteiger partial charge in [-0.1, -0.05) is 54.3 Å². The van der Waals surface area contributed by atoms with Crippen LogP contribution in [0.25, 0.3) is 0 Å². The van der Waals surface area contributed by atoms with Crippen molar-refractivity contribution in [2.24, 2.45) is 0 Å². The first kappa shape index (κ1) is 17.6. The van der Waals surface area contributed by atoms with E-state index in [4.69, 9.17) is 0 Å². The van der Waals surface area contributed by atoms with E-state index in [-0.39, 0.29) is 18.2 Å². The molecule has 28 heavy (non-hydrogen) atoms. The molecule has 1 atom stereocenters. The molecule has 3 aromatic rings. The SMILES string of the molecule is O=C1CC(C(=O)Nc2cccc(C#Cc3ccccc3)c2)c2ccccc2N1. The summed E-state index contributed by atoms with van der Waals surface area (Å²) < 4.78 is 0. The van der Waals surface area contributed by atoms with E-state index >= 15 is 0 Å². The topological polar surface area (TPSA) is 58.2 Å². The predicted octanol–water partition coefficient (Wildman–Crippen LogP) is 4.15. The van der Waals surface area contributed by atoms with E-state index < -0.39 is 5.92 Å². The predicted molar refractivity (Wildman–Crippen MR) is 110 cm³/mol. The van der Waals surface area contributed by atoms with Crippen LogP contribution in [0.5, 0.6) is 0 Å². The van der Waals surface area contributed by atoms with Crippen LogP contribution in [-0.4, -0.2) is 11.8 Å². The molecule has 1 aliphatic heterocycles. The number of amides is 2. The first-order valence-corrected chi connectivity index (χ1v) is 9.06. The number of para-hydroxylation sites is 1. The Labute approximate surface area is 163 Å². The van der Waals surface area contributed by atoms with Gasteiger partial charge in [-0.2, -0.15) is 0 Å². The van der Waals surface area contributed by atoms with Gasteiger partial charge in [-0.15, -0.1) is 0 Å². The standard InChI is InChI=1S/C24H18N2O2/c27-23-16-21(20-11-4-5-12-22(20)26-23)24(28)25-19-10-6-9-18(15-19)14-13-17-7-2-1-3-8-17/h1-12,15,21H,16H2,(H,25,28)(H,26,27). The van der Waals surface area contributed by atoms with E-state index in [0.717, 1.165) is 16.7 Å². The van der Waals surface area contributed by atoms with Crippen molar-refractivity contribution in [3.05, 3.63) is 95.6 Å². The highest BCUT2D eigenvalue weighted by Crippen LogP contribution is 2.32. The quantitative estimate of drug-likeness (QED) is 0.670. The minimum Gasteiger partial charge on any atom is -0.326 e. The molecule has 1 heterocycles. The van der Waals surface area contributed by atoms with Gasteiger partial charge in [0.05, 0.1) is 5.92 Å². The molecule has 2 N–H and O–H groups in total. The largest absolute Gasteiger partial charge is 0.326 e. The van der Waals surface area contributed by atoms with E-state index in [1.807, 2.05) is 78.9 Å². The van der Waals surface area contributed by atoms with Gasteiger partial charge in [-0.3, -0.25) is 9.59 Å². The Kier molecular flexibility index (Phi) is 4.90. The lowest BCUT2D eigenvalue weighted by Crippen LogP contribution is -2.30. The minimum atomic E-state index is -0.510. The fraction of sp³-hybridized carbons (Fsp3) is 0.0833. The van der Waals surface area contributed by atoms with Crippen LogP contribution in [0.1, 0.15) is 29.0 Å². The van der Waals surface area contributed by atoms with E-state index in [1.165, 1.54) is 0 Å². The molecule has 136 valence electrons. The summed E-state index contributed by atoms with van der Waals surface area (Å²) in [5.41, 5.74) is 3.93. The number of anilines is 2. The molecule has 0 saturated heterocycles. The summed E-state index contributed by atoms with van der Waals surface area (Å²) in [4.78, 5) is 24.8. The molecule has 4 rings (SSSR count). The summed E-state index contributed by atoms with van der Waals surface area (Å²) in [7, 11) is 0. The van der Waals surface area contributed by atoms with Crippen LogP contribution < -0.4 is 10.6 Å². The van der Waals surface area contributed by atoms with Crippen molar-refractivity contribution in [2.45, 2.75) is 12.3 Å². The molecule has 3 aromatic carbocycles. The summed E-state index contributed by atoms with van der Waals surface area (Å²) in [5, 5.41) is 5.74. The zero-order chi connectivity index (χ0) is 19.3. The van der Waals surface area contributed by atoms with Gasteiger partial charge in [0.15, 0.2) is 0 Å². The molecular formula is C24H18N2O2. The molecule has 0 aliphatic carbocycles. The van der Waals surface area contributed by atoms with Gasteiger partial charge in [0.25, 0.3) is 0 Å². The molecule has 0 saturated carbocycles. The number of nitrogens with one attached hydrogen (secondary N) is 2. The fourth-order valence-electron chi connectivity index (χ4n) is 3.22. The van der Waals surface area contributed by atoms with E-state index in [2.05, 4.69) is 22.5 Å². The third-order valence-corrected chi connectivity index (χ3v) is 4.57. The summed E-state index contributed by atoms with van der Waals surface area (Å²) in [5.74, 6) is 5.36. The molecule has 0 spiro atoms. The van der Waals surface area contributed by atoms with Crippen LogP contribution in [-0.2, 0) is 9.59 Å². The summed E-state index contributed by atoms with van der Waals surface area (Å²) >= 11 is 0. The number of benzene rings is 3. The van der Waals surface area contributed by atoms with Crippen LogP contribution in [0.4, 0.5) is 11.4 Å². The Hall–Kier alpha value is -3.84. The van der Waals surface area contributed by atoms with Gasteiger partial charge < -0.3 is 10.6 Å². The Bertz CT molecular complexity index is 1090. The van der Waals surface area contributed by atoms with Gasteiger partial charge in [0.1, 0.15) is 0 Å². The number of carbonyl (C=O) groups is 2. The Balaban J connectivity index is 1.53. The highest BCUT2D eigenvalue weighted by molar-refractivity contribution is 6.05. The van der Waals surface area contributed by atoms with Crippen molar-refractivity contribution in [1.29, 1.82) is 0 Å². The lowest BCUT2D eigenvalue weighted by Gasteiger charge is -2.24. The number of fused-ring (bicyclic) bond motifs is 1. The maximum atomic E-state index is 12.8. The fourth-order valence-corrected chi connectivity index (χ4v) is 3.22. The van der Waals surface area contributed by atoms with Crippen molar-refractivity contribution in [3.8, 4) is 11.8 Å². The third kappa shape index (κ3) is 3.94. The smallest absolute Gasteiger partial charge is 0.232 e. The molecule has 0 aromatic heterocycles. The first-order chi connectivity index (χ1) is 13.7. The van der Waals surface area contributed by atoms with Crippen LogP contribution in [0.2, 0.25) is 0 Å². The molecule has 2 amide bonds. The van der Waals surface area contributed by atoms with Crippen molar-refractivity contribution in [2.75, 3.05) is 10.6 Å². The summed E-state index contributed by atoms with van der Waals surface area (Å²) in [6.45, 7) is 0. The zero-order valence-electron chi connectivity index (χ0n) is 15.1. The number of rotatable bonds is 2. The van der Waals surface area contributed by atoms with E-state index in [9.17, 15) is 9.59 Å². The van der Waals surface area contributed by atoms with E-state index in [1.54, 1.807) is 0 Å². The zero-order valence-corrected chi connectivity index (χ0v) is 15.1. The van der Waals surface area contributed by atoms with E-state index in [0.29, 0.717) is 11.4 Å². The van der Waals surface area contributed by atoms with Gasteiger partial charge >= 0.3 is 0 Å².